The molecule has 154 valence electrons. The standard InChI is InChI=1S/C27H34FN/c1-3-4-6-10-22-12-15-24(16-13-22)26-19-17-25-20-23(14-18-27(25)29-26)11-8-5-7-9-21(2)28/h12-21H,3-11H2,1-2H3. The number of unbranched alkanes of at least 4 members (excludes halogenated alkanes) is 4. The molecule has 2 heteroatoms. The van der Waals surface area contributed by atoms with Gasteiger partial charge in [-0.05, 0) is 68.4 Å². The molecule has 29 heavy (non-hydrogen) atoms. The SMILES string of the molecule is CCCCCc1ccc(-c2ccc3cc(CCCCCC(C)F)ccc3n2)cc1. The average Bonchev–Trinajstić information content (AvgIpc) is 2.73. The fourth-order valence-corrected chi connectivity index (χ4v) is 3.84. The molecule has 0 bridgehead atoms. The lowest BCUT2D eigenvalue weighted by molar-refractivity contribution is 0.330. The van der Waals surface area contributed by atoms with Crippen LogP contribution in [0.1, 0.15) is 69.9 Å². The molecule has 0 saturated heterocycles. The van der Waals surface area contributed by atoms with Gasteiger partial charge in [0, 0.05) is 10.9 Å². The Hall–Kier alpha value is -2.22. The zero-order valence-corrected chi connectivity index (χ0v) is 18.0. The molecular formula is C27H34FN. The number of benzene rings is 2. The molecule has 2 aromatic carbocycles. The summed E-state index contributed by atoms with van der Waals surface area (Å²) in [6.07, 6.45) is 9.25. The van der Waals surface area contributed by atoms with E-state index in [0.29, 0.717) is 6.42 Å². The first-order valence-corrected chi connectivity index (χ1v) is 11.3. The van der Waals surface area contributed by atoms with Crippen molar-refractivity contribution in [2.45, 2.75) is 77.8 Å². The van der Waals surface area contributed by atoms with Crippen LogP contribution in [0.3, 0.4) is 0 Å². The third kappa shape index (κ3) is 6.66. The van der Waals surface area contributed by atoms with Crippen molar-refractivity contribution in [1.82, 2.24) is 4.98 Å². The van der Waals surface area contributed by atoms with Gasteiger partial charge in [-0.15, -0.1) is 0 Å². The predicted octanol–water partition coefficient (Wildman–Crippen LogP) is 8.10. The third-order valence-corrected chi connectivity index (χ3v) is 5.64. The minimum Gasteiger partial charge on any atom is -0.248 e. The van der Waals surface area contributed by atoms with Gasteiger partial charge in [0.2, 0.25) is 0 Å². The van der Waals surface area contributed by atoms with Crippen LogP contribution in [0.25, 0.3) is 22.2 Å². The highest BCUT2D eigenvalue weighted by Crippen LogP contribution is 2.23. The molecule has 0 saturated carbocycles. The lowest BCUT2D eigenvalue weighted by atomic mass is 10.0. The number of nitrogens with zero attached hydrogens (tertiary/aromatic N) is 1. The summed E-state index contributed by atoms with van der Waals surface area (Å²) >= 11 is 0. The fourth-order valence-electron chi connectivity index (χ4n) is 3.84. The summed E-state index contributed by atoms with van der Waals surface area (Å²) in [4.78, 5) is 4.88. The number of alkyl halides is 1. The largest absolute Gasteiger partial charge is 0.248 e. The monoisotopic (exact) mass is 391 g/mol. The second-order valence-electron chi connectivity index (χ2n) is 8.26. The maximum atomic E-state index is 12.9. The zero-order valence-electron chi connectivity index (χ0n) is 18.0. The van der Waals surface area contributed by atoms with Crippen LogP contribution in [0.15, 0.2) is 54.6 Å². The van der Waals surface area contributed by atoms with E-state index in [0.717, 1.165) is 43.3 Å². The molecule has 0 aliphatic heterocycles. The summed E-state index contributed by atoms with van der Waals surface area (Å²) in [7, 11) is 0. The number of hydrogen-bond acceptors (Lipinski definition) is 1. The number of fused-ring (bicyclic) bond motifs is 1. The molecule has 1 aromatic heterocycles. The van der Waals surface area contributed by atoms with Crippen molar-refractivity contribution in [3.05, 3.63) is 65.7 Å². The van der Waals surface area contributed by atoms with Gasteiger partial charge in [-0.2, -0.15) is 0 Å². The Kier molecular flexibility index (Phi) is 8.22. The molecule has 1 atom stereocenters. The van der Waals surface area contributed by atoms with E-state index in [-0.39, 0.29) is 0 Å². The van der Waals surface area contributed by atoms with Gasteiger partial charge in [-0.1, -0.05) is 69.0 Å². The summed E-state index contributed by atoms with van der Waals surface area (Å²) in [5.41, 5.74) is 6.01. The van der Waals surface area contributed by atoms with E-state index in [1.807, 2.05) is 0 Å². The Balaban J connectivity index is 1.61. The van der Waals surface area contributed by atoms with Gasteiger partial charge in [0.1, 0.15) is 0 Å². The molecular weight excluding hydrogens is 357 g/mol. The van der Waals surface area contributed by atoms with Crippen molar-refractivity contribution in [2.24, 2.45) is 0 Å². The second-order valence-corrected chi connectivity index (χ2v) is 8.26. The quantitative estimate of drug-likeness (QED) is 0.301. The molecule has 1 heterocycles. The van der Waals surface area contributed by atoms with Crippen LogP contribution in [-0.2, 0) is 12.8 Å². The number of pyridine rings is 1. The first kappa shape index (κ1) is 21.5. The highest BCUT2D eigenvalue weighted by atomic mass is 19.1. The van der Waals surface area contributed by atoms with Gasteiger partial charge in [0.05, 0.1) is 17.4 Å². The van der Waals surface area contributed by atoms with Crippen LogP contribution in [0.5, 0.6) is 0 Å². The summed E-state index contributed by atoms with van der Waals surface area (Å²) in [5.74, 6) is 0. The van der Waals surface area contributed by atoms with Crippen LogP contribution in [0.2, 0.25) is 0 Å². The predicted molar refractivity (Wildman–Crippen MR) is 123 cm³/mol. The fraction of sp³-hybridized carbons (Fsp3) is 0.444. The Labute approximate surface area is 175 Å². The summed E-state index contributed by atoms with van der Waals surface area (Å²) in [6.45, 7) is 3.89. The van der Waals surface area contributed by atoms with Gasteiger partial charge in [-0.3, -0.25) is 0 Å². The normalized spacial score (nSPS) is 12.4. The van der Waals surface area contributed by atoms with Crippen LogP contribution in [-0.4, -0.2) is 11.2 Å². The Morgan fingerprint density at radius 1 is 0.793 bits per heavy atom. The topological polar surface area (TPSA) is 12.9 Å². The summed E-state index contributed by atoms with van der Waals surface area (Å²) in [6, 6.07) is 19.8. The first-order chi connectivity index (χ1) is 14.2. The van der Waals surface area contributed by atoms with E-state index in [4.69, 9.17) is 4.98 Å². The molecule has 0 amide bonds. The van der Waals surface area contributed by atoms with Gasteiger partial charge in [-0.25, -0.2) is 9.37 Å². The maximum Gasteiger partial charge on any atom is 0.0973 e. The first-order valence-electron chi connectivity index (χ1n) is 11.3. The highest BCUT2D eigenvalue weighted by molar-refractivity contribution is 5.82. The van der Waals surface area contributed by atoms with Gasteiger partial charge in [0.25, 0.3) is 0 Å². The maximum absolute atomic E-state index is 12.9. The van der Waals surface area contributed by atoms with E-state index in [2.05, 4.69) is 61.5 Å². The molecule has 0 spiro atoms. The van der Waals surface area contributed by atoms with Crippen LogP contribution >= 0.6 is 0 Å². The van der Waals surface area contributed by atoms with Crippen molar-refractivity contribution in [2.75, 3.05) is 0 Å². The Bertz CT molecular complexity index is 883. The van der Waals surface area contributed by atoms with E-state index in [9.17, 15) is 4.39 Å². The molecule has 1 unspecified atom stereocenters. The molecule has 0 aliphatic rings. The summed E-state index contributed by atoms with van der Waals surface area (Å²) in [5, 5.41) is 1.19. The lowest BCUT2D eigenvalue weighted by Crippen LogP contribution is -1.93. The van der Waals surface area contributed by atoms with E-state index < -0.39 is 6.17 Å². The molecule has 0 fully saturated rings. The number of aryl methyl sites for hydroxylation is 2. The van der Waals surface area contributed by atoms with Gasteiger partial charge in [0.15, 0.2) is 0 Å². The number of aromatic nitrogens is 1. The third-order valence-electron chi connectivity index (χ3n) is 5.64. The highest BCUT2D eigenvalue weighted by Gasteiger charge is 2.04. The molecule has 1 nitrogen and oxygen atoms in total. The van der Waals surface area contributed by atoms with Crippen LogP contribution < -0.4 is 0 Å². The molecule has 0 N–H and O–H groups in total. The second kappa shape index (κ2) is 11.1. The molecule has 0 radical (unpaired) electrons. The van der Waals surface area contributed by atoms with Crippen molar-refractivity contribution in [3.63, 3.8) is 0 Å². The smallest absolute Gasteiger partial charge is 0.0973 e. The number of hydrogen-bond donors (Lipinski definition) is 0. The van der Waals surface area contributed by atoms with Gasteiger partial charge >= 0.3 is 0 Å². The Morgan fingerprint density at radius 3 is 2.28 bits per heavy atom. The van der Waals surface area contributed by atoms with E-state index in [1.54, 1.807) is 6.92 Å². The molecule has 3 rings (SSSR count). The minimum absolute atomic E-state index is 0.673. The lowest BCUT2D eigenvalue weighted by Gasteiger charge is -2.07. The zero-order chi connectivity index (χ0) is 20.5. The van der Waals surface area contributed by atoms with Crippen molar-refractivity contribution in [3.8, 4) is 11.3 Å². The molecule has 0 aliphatic carbocycles. The Morgan fingerprint density at radius 2 is 1.52 bits per heavy atom. The number of rotatable bonds is 11. The van der Waals surface area contributed by atoms with E-state index in [1.165, 1.54) is 41.3 Å². The van der Waals surface area contributed by atoms with E-state index >= 15 is 0 Å². The van der Waals surface area contributed by atoms with Crippen molar-refractivity contribution in [1.29, 1.82) is 0 Å². The van der Waals surface area contributed by atoms with Crippen molar-refractivity contribution < 1.29 is 4.39 Å². The minimum atomic E-state index is -0.673. The number of halogens is 1. The van der Waals surface area contributed by atoms with Crippen LogP contribution in [0.4, 0.5) is 4.39 Å². The van der Waals surface area contributed by atoms with Crippen molar-refractivity contribution >= 4 is 10.9 Å². The molecule has 3 aromatic rings. The van der Waals surface area contributed by atoms with Gasteiger partial charge < -0.3 is 0 Å². The summed E-state index contributed by atoms with van der Waals surface area (Å²) < 4.78 is 12.9. The van der Waals surface area contributed by atoms with Crippen LogP contribution in [0, 0.1) is 0 Å². The average molecular weight is 392 g/mol.